The Hall–Kier alpha value is -1.19. The molecule has 0 aromatic carbocycles. The van der Waals surface area contributed by atoms with Crippen LogP contribution in [0.3, 0.4) is 0 Å². The number of hydrogen-bond acceptors (Lipinski definition) is 3. The molecular formula is C11H18O4. The summed E-state index contributed by atoms with van der Waals surface area (Å²) >= 11 is 0. The van der Waals surface area contributed by atoms with Crippen LogP contribution in [-0.2, 0) is 14.4 Å². The summed E-state index contributed by atoms with van der Waals surface area (Å²) in [5, 5.41) is 8.49. The van der Waals surface area contributed by atoms with Crippen molar-refractivity contribution in [3.8, 4) is 0 Å². The van der Waals surface area contributed by atoms with Crippen molar-refractivity contribution in [2.24, 2.45) is 11.8 Å². The van der Waals surface area contributed by atoms with Gasteiger partial charge in [-0.3, -0.25) is 14.4 Å². The number of ketones is 2. The Kier molecular flexibility index (Phi) is 5.82. The lowest BCUT2D eigenvalue weighted by molar-refractivity contribution is -0.138. The number of Topliss-reactive ketones (excluding diaryl/α,β-unsaturated/α-hetero) is 2. The van der Waals surface area contributed by atoms with Gasteiger partial charge >= 0.3 is 5.97 Å². The van der Waals surface area contributed by atoms with Crippen LogP contribution in [0.2, 0.25) is 0 Å². The average Bonchev–Trinajstić information content (AvgIpc) is 2.01. The largest absolute Gasteiger partial charge is 0.481 e. The predicted molar refractivity (Wildman–Crippen MR) is 55.5 cm³/mol. The molecule has 0 rings (SSSR count). The maximum Gasteiger partial charge on any atom is 0.303 e. The fourth-order valence-corrected chi connectivity index (χ4v) is 1.40. The summed E-state index contributed by atoms with van der Waals surface area (Å²) in [6.45, 7) is 5.13. The van der Waals surface area contributed by atoms with Gasteiger partial charge in [-0.15, -0.1) is 0 Å². The lowest BCUT2D eigenvalue weighted by Crippen LogP contribution is -2.24. The first-order valence-corrected chi connectivity index (χ1v) is 5.09. The van der Waals surface area contributed by atoms with Gasteiger partial charge in [-0.1, -0.05) is 13.8 Å². The van der Waals surface area contributed by atoms with Gasteiger partial charge in [0.25, 0.3) is 0 Å². The molecule has 0 heterocycles. The van der Waals surface area contributed by atoms with Crippen molar-refractivity contribution < 1.29 is 19.5 Å². The zero-order chi connectivity index (χ0) is 12.0. The number of carbonyl (C=O) groups is 3. The van der Waals surface area contributed by atoms with Crippen molar-refractivity contribution >= 4 is 17.5 Å². The molecule has 0 bridgehead atoms. The van der Waals surface area contributed by atoms with Gasteiger partial charge in [-0.2, -0.15) is 0 Å². The zero-order valence-corrected chi connectivity index (χ0v) is 9.45. The minimum atomic E-state index is -0.974. The topological polar surface area (TPSA) is 71.4 Å². The molecule has 0 aromatic heterocycles. The van der Waals surface area contributed by atoms with E-state index in [9.17, 15) is 14.4 Å². The summed E-state index contributed by atoms with van der Waals surface area (Å²) in [5.74, 6) is -1.88. The molecule has 15 heavy (non-hydrogen) atoms. The molecule has 0 saturated heterocycles. The van der Waals surface area contributed by atoms with E-state index in [4.69, 9.17) is 5.11 Å². The summed E-state index contributed by atoms with van der Waals surface area (Å²) in [5.41, 5.74) is 0. The molecule has 0 saturated carbocycles. The number of hydrogen-bond donors (Lipinski definition) is 1. The van der Waals surface area contributed by atoms with Crippen LogP contribution < -0.4 is 0 Å². The number of rotatable bonds is 7. The molecule has 4 heteroatoms. The number of aliphatic carboxylic acids is 1. The summed E-state index contributed by atoms with van der Waals surface area (Å²) in [6, 6.07) is 0. The molecule has 4 nitrogen and oxygen atoms in total. The van der Waals surface area contributed by atoms with Crippen LogP contribution in [0.5, 0.6) is 0 Å². The molecule has 0 radical (unpaired) electrons. The second-order valence-corrected chi connectivity index (χ2v) is 4.16. The highest BCUT2D eigenvalue weighted by atomic mass is 16.4. The van der Waals surface area contributed by atoms with E-state index in [1.54, 1.807) is 0 Å². The van der Waals surface area contributed by atoms with Gasteiger partial charge in [0.15, 0.2) is 0 Å². The van der Waals surface area contributed by atoms with Crippen LogP contribution in [0.4, 0.5) is 0 Å². The van der Waals surface area contributed by atoms with Crippen LogP contribution in [0.25, 0.3) is 0 Å². The minimum Gasteiger partial charge on any atom is -0.481 e. The van der Waals surface area contributed by atoms with E-state index < -0.39 is 11.9 Å². The summed E-state index contributed by atoms with van der Waals surface area (Å²) in [7, 11) is 0. The smallest absolute Gasteiger partial charge is 0.303 e. The van der Waals surface area contributed by atoms with Crippen molar-refractivity contribution in [3.05, 3.63) is 0 Å². The Morgan fingerprint density at radius 2 is 1.73 bits per heavy atom. The third kappa shape index (κ3) is 5.99. The van der Waals surface area contributed by atoms with Gasteiger partial charge in [0, 0.05) is 12.8 Å². The van der Waals surface area contributed by atoms with Gasteiger partial charge in [0.05, 0.1) is 5.92 Å². The summed E-state index contributed by atoms with van der Waals surface area (Å²) < 4.78 is 0. The van der Waals surface area contributed by atoms with Crippen molar-refractivity contribution in [1.29, 1.82) is 0 Å². The first kappa shape index (κ1) is 13.8. The van der Waals surface area contributed by atoms with E-state index in [2.05, 4.69) is 0 Å². The molecule has 1 unspecified atom stereocenters. The lowest BCUT2D eigenvalue weighted by atomic mass is 9.90. The van der Waals surface area contributed by atoms with Gasteiger partial charge in [0.2, 0.25) is 0 Å². The highest BCUT2D eigenvalue weighted by Crippen LogP contribution is 2.14. The van der Waals surface area contributed by atoms with Gasteiger partial charge in [-0.25, -0.2) is 0 Å². The van der Waals surface area contributed by atoms with Crippen LogP contribution in [0.15, 0.2) is 0 Å². The second-order valence-electron chi connectivity index (χ2n) is 4.16. The molecule has 0 spiro atoms. The Morgan fingerprint density at radius 3 is 2.07 bits per heavy atom. The maximum atomic E-state index is 11.6. The first-order valence-electron chi connectivity index (χ1n) is 5.09. The molecule has 0 aliphatic carbocycles. The molecule has 0 aromatic rings. The molecule has 0 aliphatic rings. The number of carboxylic acids is 1. The predicted octanol–water partition coefficient (Wildman–Crippen LogP) is 1.67. The van der Waals surface area contributed by atoms with Crippen LogP contribution in [-0.4, -0.2) is 22.6 Å². The average molecular weight is 214 g/mol. The highest BCUT2D eigenvalue weighted by Gasteiger charge is 2.24. The van der Waals surface area contributed by atoms with E-state index in [1.807, 2.05) is 13.8 Å². The lowest BCUT2D eigenvalue weighted by Gasteiger charge is -2.12. The van der Waals surface area contributed by atoms with Gasteiger partial charge in [-0.05, 0) is 19.3 Å². The highest BCUT2D eigenvalue weighted by molar-refractivity contribution is 6.01. The van der Waals surface area contributed by atoms with E-state index in [-0.39, 0.29) is 30.3 Å². The van der Waals surface area contributed by atoms with E-state index >= 15 is 0 Å². The molecule has 1 atom stereocenters. The van der Waals surface area contributed by atoms with Crippen molar-refractivity contribution in [3.63, 3.8) is 0 Å². The fourth-order valence-electron chi connectivity index (χ4n) is 1.40. The Morgan fingerprint density at radius 1 is 1.20 bits per heavy atom. The monoisotopic (exact) mass is 214 g/mol. The van der Waals surface area contributed by atoms with Crippen LogP contribution in [0, 0.1) is 11.8 Å². The van der Waals surface area contributed by atoms with E-state index in [0.29, 0.717) is 6.42 Å². The molecule has 0 fully saturated rings. The molecule has 0 amide bonds. The Labute approximate surface area is 89.7 Å². The minimum absolute atomic E-state index is 0.121. The molecule has 86 valence electrons. The Bertz CT molecular complexity index is 255. The van der Waals surface area contributed by atoms with Crippen LogP contribution in [0.1, 0.15) is 40.0 Å². The standard InChI is InChI=1S/C11H18O4/c1-7(2)6-10(13)9(8(3)12)4-5-11(14)15/h7,9H,4-6H2,1-3H3,(H,14,15). The van der Waals surface area contributed by atoms with Crippen molar-refractivity contribution in [1.82, 2.24) is 0 Å². The third-order valence-electron chi connectivity index (χ3n) is 2.14. The zero-order valence-electron chi connectivity index (χ0n) is 9.45. The molecule has 0 aliphatic heterocycles. The molecular weight excluding hydrogens is 196 g/mol. The van der Waals surface area contributed by atoms with E-state index in [0.717, 1.165) is 0 Å². The van der Waals surface area contributed by atoms with Crippen molar-refractivity contribution in [2.45, 2.75) is 40.0 Å². The van der Waals surface area contributed by atoms with E-state index in [1.165, 1.54) is 6.92 Å². The molecule has 1 N–H and O–H groups in total. The quantitative estimate of drug-likeness (QED) is 0.654. The first-order chi connectivity index (χ1) is 6.84. The van der Waals surface area contributed by atoms with Crippen molar-refractivity contribution in [2.75, 3.05) is 0 Å². The normalized spacial score (nSPS) is 12.5. The van der Waals surface area contributed by atoms with Gasteiger partial charge in [0.1, 0.15) is 11.6 Å². The third-order valence-corrected chi connectivity index (χ3v) is 2.14. The number of carboxylic acid groups (broad SMARTS) is 1. The SMILES string of the molecule is CC(=O)C(CCC(=O)O)C(=O)CC(C)C. The number of carbonyl (C=O) groups excluding carboxylic acids is 2. The van der Waals surface area contributed by atoms with Gasteiger partial charge < -0.3 is 5.11 Å². The van der Waals surface area contributed by atoms with Crippen LogP contribution >= 0.6 is 0 Å². The fraction of sp³-hybridized carbons (Fsp3) is 0.727. The second kappa shape index (κ2) is 6.32. The summed E-state index contributed by atoms with van der Waals surface area (Å²) in [4.78, 5) is 33.1. The maximum absolute atomic E-state index is 11.6. The Balaban J connectivity index is 4.32. The summed E-state index contributed by atoms with van der Waals surface area (Å²) in [6.07, 6.45) is 0.328.